The number of fused-ring (bicyclic) bond motifs is 3. The maximum absolute atomic E-state index is 14.8. The fourth-order valence-electron chi connectivity index (χ4n) is 7.52. The molecule has 0 unspecified atom stereocenters. The number of para-hydroxylation sites is 1. The summed E-state index contributed by atoms with van der Waals surface area (Å²) in [6.07, 6.45) is 6.43. The van der Waals surface area contributed by atoms with Crippen molar-refractivity contribution in [2.75, 3.05) is 20.1 Å². The highest BCUT2D eigenvalue weighted by Crippen LogP contribution is 2.41. The van der Waals surface area contributed by atoms with Crippen molar-refractivity contribution in [1.82, 2.24) is 51.4 Å². The molecule has 0 bridgehead atoms. The number of halogens is 1. The van der Waals surface area contributed by atoms with Crippen LogP contribution in [0.3, 0.4) is 0 Å². The van der Waals surface area contributed by atoms with E-state index in [1.54, 1.807) is 13.2 Å². The first-order chi connectivity index (χ1) is 29.2. The third-order valence-electron chi connectivity index (χ3n) is 10.8. The zero-order chi connectivity index (χ0) is 42.0. The van der Waals surface area contributed by atoms with Gasteiger partial charge in [0.05, 0.1) is 11.1 Å². The van der Waals surface area contributed by atoms with Crippen molar-refractivity contribution < 1.29 is 14.4 Å². The van der Waals surface area contributed by atoms with Gasteiger partial charge in [-0.25, -0.2) is 4.98 Å². The number of amides is 3. The van der Waals surface area contributed by atoms with Crippen LogP contribution in [0, 0.1) is 0 Å². The molecule has 4 heterocycles. The molecule has 15 nitrogen and oxygen atoms in total. The van der Waals surface area contributed by atoms with Gasteiger partial charge in [0.1, 0.15) is 17.1 Å². The number of pyridine rings is 1. The van der Waals surface area contributed by atoms with Crippen LogP contribution in [0.2, 0.25) is 5.02 Å². The monoisotopic (exact) mass is 848 g/mol. The molecule has 1 aliphatic rings. The summed E-state index contributed by atoms with van der Waals surface area (Å²) in [4.78, 5) is 53.9. The predicted molar refractivity (Wildman–Crippen MR) is 233 cm³/mol. The van der Waals surface area contributed by atoms with Gasteiger partial charge in [-0.3, -0.25) is 14.4 Å². The fraction of sp³-hybridized carbons (Fsp3) is 0.326. The Morgan fingerprint density at radius 3 is 2.52 bits per heavy atom. The highest BCUT2D eigenvalue weighted by atomic mass is 35.5. The molecule has 17 heteroatoms. The normalized spacial score (nSPS) is 18.1. The summed E-state index contributed by atoms with van der Waals surface area (Å²) in [7, 11) is 1.62. The summed E-state index contributed by atoms with van der Waals surface area (Å²) in [6, 6.07) is 20.6. The molecule has 0 saturated heterocycles. The van der Waals surface area contributed by atoms with E-state index in [4.69, 9.17) is 28.1 Å². The Bertz CT molecular complexity index is 2430. The van der Waals surface area contributed by atoms with Crippen LogP contribution < -0.4 is 27.4 Å². The Kier molecular flexibility index (Phi) is 14.2. The van der Waals surface area contributed by atoms with E-state index in [-0.39, 0.29) is 30.7 Å². The molecule has 6 aromatic rings. The van der Waals surface area contributed by atoms with E-state index in [0.29, 0.717) is 72.5 Å². The molecule has 60 heavy (non-hydrogen) atoms. The molecule has 3 amide bonds. The molecule has 9 N–H and O–H groups in total. The number of aromatic nitrogens is 6. The molecule has 0 aliphatic carbocycles. The van der Waals surface area contributed by atoms with Gasteiger partial charge in [-0.1, -0.05) is 71.9 Å². The van der Waals surface area contributed by atoms with Crippen molar-refractivity contribution in [2.24, 2.45) is 11.5 Å². The Balaban J connectivity index is 1.35. The van der Waals surface area contributed by atoms with Gasteiger partial charge in [0, 0.05) is 60.3 Å². The lowest BCUT2D eigenvalue weighted by Crippen LogP contribution is -2.57. The number of aromatic amines is 2. The fourth-order valence-corrected chi connectivity index (χ4v) is 8.87. The highest BCUT2D eigenvalue weighted by Gasteiger charge is 2.34. The molecular weight excluding hydrogens is 800 g/mol. The van der Waals surface area contributed by atoms with Crippen LogP contribution >= 0.6 is 23.4 Å². The zero-order valence-electron chi connectivity index (χ0n) is 33.3. The number of hydrogen-bond donors (Lipinski definition) is 7. The number of H-pyrrole nitrogens is 2. The number of nitrogens with zero attached hydrogens (tertiary/aromatic N) is 5. The van der Waals surface area contributed by atoms with Crippen molar-refractivity contribution in [2.45, 2.75) is 79.7 Å². The Hall–Kier alpha value is -5.65. The van der Waals surface area contributed by atoms with Crippen LogP contribution in [0.15, 0.2) is 95.1 Å². The number of unbranched alkanes of at least 4 members (excludes halogenated alkanes) is 1. The average molecular weight is 849 g/mol. The van der Waals surface area contributed by atoms with Gasteiger partial charge in [-0.15, -0.1) is 10.2 Å². The van der Waals surface area contributed by atoms with E-state index in [1.807, 2.05) is 79.0 Å². The van der Waals surface area contributed by atoms with E-state index >= 15 is 0 Å². The minimum Gasteiger partial charge on any atom is -0.361 e. The quantitative estimate of drug-likeness (QED) is 0.0883. The Morgan fingerprint density at radius 1 is 0.883 bits per heavy atom. The number of tetrazole rings is 1. The first kappa shape index (κ1) is 42.5. The number of benzene rings is 3. The van der Waals surface area contributed by atoms with Gasteiger partial charge in [0.25, 0.3) is 0 Å². The molecule has 1 aliphatic heterocycles. The third kappa shape index (κ3) is 9.86. The standard InChI is InChI=1S/C43H49ClN12O3S/c1-56-37(22-29-24-48-34-13-3-2-12-31(29)34)41(58)50-25-32-30(26-9-6-10-27(21-26)39-52-54-55-53-39)16-17-33(44)38(32)60-42-28(11-8-20-47-42)23-49-35(15-7-19-46)40(57)51-36(43(56)59)14-4-5-18-45/h2-3,6,8-13,16-17,20-21,24,35-37,48-49H,4-5,7,14-15,18-19,22-23,25,45-46H2,1H3,(H,50,58)(H,51,57)(H,52,53,54,55)/t35-,36-,37-/m0/s1. The molecule has 312 valence electrons. The SMILES string of the molecule is CN1C(=O)[C@H](CCCCN)NC(=O)[C@H](CCCN)NCc2cccnc2Sc2c(Cl)ccc(-c3cccc(-c4nn[nH]n4)c3)c2CNC(=O)[C@@H]1Cc1c[nH]c2ccccc12. The smallest absolute Gasteiger partial charge is 0.245 e. The second-order valence-corrected chi connectivity index (χ2v) is 16.2. The van der Waals surface area contributed by atoms with E-state index in [0.717, 1.165) is 44.3 Å². The van der Waals surface area contributed by atoms with Crippen LogP contribution in [-0.2, 0) is 33.9 Å². The Morgan fingerprint density at radius 2 is 1.70 bits per heavy atom. The van der Waals surface area contributed by atoms with Gasteiger partial charge in [-0.2, -0.15) is 5.21 Å². The minimum absolute atomic E-state index is 0.0636. The highest BCUT2D eigenvalue weighted by molar-refractivity contribution is 7.99. The Labute approximate surface area is 357 Å². The van der Waals surface area contributed by atoms with Gasteiger partial charge >= 0.3 is 0 Å². The predicted octanol–water partition coefficient (Wildman–Crippen LogP) is 4.73. The lowest BCUT2D eigenvalue weighted by atomic mass is 9.97. The molecular formula is C43H49ClN12O3S. The van der Waals surface area contributed by atoms with Gasteiger partial charge in [-0.05, 0) is 102 Å². The average Bonchev–Trinajstić information content (AvgIpc) is 3.96. The summed E-state index contributed by atoms with van der Waals surface area (Å²) < 4.78 is 0. The lowest BCUT2D eigenvalue weighted by molar-refractivity contribution is -0.142. The number of carbonyl (C=O) groups is 3. The van der Waals surface area contributed by atoms with Crippen molar-refractivity contribution in [3.05, 3.63) is 107 Å². The molecule has 0 spiro atoms. The number of rotatable bonds is 11. The number of likely N-dealkylation sites (N-methyl/N-ethyl adjacent to an activating group) is 1. The number of carbonyl (C=O) groups excluding carboxylic acids is 3. The van der Waals surface area contributed by atoms with Crippen molar-refractivity contribution >= 4 is 52.0 Å². The maximum atomic E-state index is 14.8. The zero-order valence-corrected chi connectivity index (χ0v) is 34.9. The van der Waals surface area contributed by atoms with E-state index in [2.05, 4.69) is 41.6 Å². The van der Waals surface area contributed by atoms with Crippen molar-refractivity contribution in [3.8, 4) is 22.5 Å². The molecule has 3 aromatic heterocycles. The number of nitrogens with one attached hydrogen (secondary N) is 5. The number of nitrogens with two attached hydrogens (primary N) is 2. The second kappa shape index (κ2) is 20.1. The first-order valence-corrected chi connectivity index (χ1v) is 21.3. The topological polar surface area (TPSA) is 226 Å². The summed E-state index contributed by atoms with van der Waals surface area (Å²) in [5, 5.41) is 26.4. The van der Waals surface area contributed by atoms with Crippen LogP contribution in [0.1, 0.15) is 48.8 Å². The molecule has 0 fully saturated rings. The molecule has 7 rings (SSSR count). The summed E-state index contributed by atoms with van der Waals surface area (Å²) in [5.74, 6) is -0.653. The molecule has 0 saturated carbocycles. The summed E-state index contributed by atoms with van der Waals surface area (Å²) in [5.41, 5.74) is 17.5. The van der Waals surface area contributed by atoms with E-state index in [1.165, 1.54) is 16.7 Å². The van der Waals surface area contributed by atoms with Crippen molar-refractivity contribution in [1.29, 1.82) is 0 Å². The maximum Gasteiger partial charge on any atom is 0.245 e. The van der Waals surface area contributed by atoms with E-state index < -0.39 is 18.1 Å². The van der Waals surface area contributed by atoms with Crippen LogP contribution in [0.4, 0.5) is 0 Å². The van der Waals surface area contributed by atoms with Crippen LogP contribution in [0.5, 0.6) is 0 Å². The minimum atomic E-state index is -0.963. The number of hydrogen-bond acceptors (Lipinski definition) is 11. The van der Waals surface area contributed by atoms with Crippen LogP contribution in [-0.4, -0.2) is 91.5 Å². The molecule has 3 atom stereocenters. The van der Waals surface area contributed by atoms with Gasteiger partial charge in [0.2, 0.25) is 23.5 Å². The van der Waals surface area contributed by atoms with Gasteiger partial charge < -0.3 is 37.3 Å². The lowest BCUT2D eigenvalue weighted by Gasteiger charge is -2.32. The summed E-state index contributed by atoms with van der Waals surface area (Å²) in [6.45, 7) is 1.19. The van der Waals surface area contributed by atoms with Crippen molar-refractivity contribution in [3.63, 3.8) is 0 Å². The van der Waals surface area contributed by atoms with E-state index in [9.17, 15) is 14.4 Å². The third-order valence-corrected chi connectivity index (χ3v) is 12.5. The molecule has 0 radical (unpaired) electrons. The van der Waals surface area contributed by atoms with Gasteiger partial charge in [0.15, 0.2) is 0 Å². The largest absolute Gasteiger partial charge is 0.361 e. The first-order valence-electron chi connectivity index (χ1n) is 20.1. The summed E-state index contributed by atoms with van der Waals surface area (Å²) >= 11 is 8.47. The van der Waals surface area contributed by atoms with Crippen LogP contribution in [0.25, 0.3) is 33.4 Å². The molecule has 3 aromatic carbocycles. The second-order valence-electron chi connectivity index (χ2n) is 14.7.